The average molecular weight is 173 g/mol. The van der Waals surface area contributed by atoms with Crippen molar-refractivity contribution in [2.45, 2.75) is 25.8 Å². The first kappa shape index (κ1) is 8.36. The molecular weight excluding hydrogens is 158 g/mol. The molecule has 0 spiro atoms. The quantitative estimate of drug-likeness (QED) is 0.644. The summed E-state index contributed by atoms with van der Waals surface area (Å²) >= 11 is 0. The molecule has 1 aromatic carbocycles. The van der Waals surface area contributed by atoms with Gasteiger partial charge in [-0.15, -0.1) is 0 Å². The lowest BCUT2D eigenvalue weighted by atomic mass is 9.95. The van der Waals surface area contributed by atoms with Crippen LogP contribution in [0.4, 0.5) is 5.69 Å². The summed E-state index contributed by atoms with van der Waals surface area (Å²) in [4.78, 5) is 0. The summed E-state index contributed by atoms with van der Waals surface area (Å²) < 4.78 is 0. The minimum absolute atomic E-state index is 0.467. The number of hydrogen-bond donors (Lipinski definition) is 1. The van der Waals surface area contributed by atoms with Crippen molar-refractivity contribution in [3.8, 4) is 0 Å². The summed E-state index contributed by atoms with van der Waals surface area (Å²) in [5, 5.41) is 3.50. The maximum atomic E-state index is 3.99. The first-order valence-electron chi connectivity index (χ1n) is 4.77. The van der Waals surface area contributed by atoms with Gasteiger partial charge >= 0.3 is 0 Å². The lowest BCUT2D eigenvalue weighted by Gasteiger charge is -2.27. The minimum atomic E-state index is 0.467. The van der Waals surface area contributed by atoms with Gasteiger partial charge in [0.25, 0.3) is 0 Å². The van der Waals surface area contributed by atoms with Crippen LogP contribution in [0.2, 0.25) is 0 Å². The topological polar surface area (TPSA) is 12.0 Å². The van der Waals surface area contributed by atoms with E-state index in [1.165, 1.54) is 29.7 Å². The van der Waals surface area contributed by atoms with Crippen molar-refractivity contribution < 1.29 is 0 Å². The molecule has 0 aliphatic carbocycles. The summed E-state index contributed by atoms with van der Waals surface area (Å²) in [7, 11) is 0. The number of benzene rings is 1. The van der Waals surface area contributed by atoms with Crippen molar-refractivity contribution in [2.75, 3.05) is 5.32 Å². The fourth-order valence-electron chi connectivity index (χ4n) is 1.81. The summed E-state index contributed by atoms with van der Waals surface area (Å²) in [6, 6.07) is 8.98. The molecule has 0 saturated heterocycles. The van der Waals surface area contributed by atoms with Gasteiger partial charge in [0.05, 0.1) is 0 Å². The molecule has 0 aromatic heterocycles. The van der Waals surface area contributed by atoms with Crippen LogP contribution in [0.3, 0.4) is 0 Å². The highest BCUT2D eigenvalue weighted by Crippen LogP contribution is 2.26. The average Bonchev–Trinajstić information content (AvgIpc) is 2.17. The molecule has 1 heteroatoms. The molecule has 0 bridgehead atoms. The summed E-state index contributed by atoms with van der Waals surface area (Å²) in [5.41, 5.74) is 3.94. The predicted molar refractivity (Wildman–Crippen MR) is 57.0 cm³/mol. The van der Waals surface area contributed by atoms with Gasteiger partial charge in [0.15, 0.2) is 0 Å². The summed E-state index contributed by atoms with van der Waals surface area (Å²) in [6.07, 6.45) is 2.34. The van der Waals surface area contributed by atoms with Gasteiger partial charge in [-0.3, -0.25) is 0 Å². The number of rotatable bonds is 1. The van der Waals surface area contributed by atoms with Crippen LogP contribution in [0, 0.1) is 0 Å². The zero-order chi connectivity index (χ0) is 9.26. The highest BCUT2D eigenvalue weighted by atomic mass is 14.9. The van der Waals surface area contributed by atoms with Crippen LogP contribution < -0.4 is 5.32 Å². The van der Waals surface area contributed by atoms with Crippen molar-refractivity contribution in [2.24, 2.45) is 0 Å². The molecular formula is C12H15N. The van der Waals surface area contributed by atoms with E-state index in [9.17, 15) is 0 Å². The molecule has 2 rings (SSSR count). The monoisotopic (exact) mass is 173 g/mol. The number of anilines is 1. The van der Waals surface area contributed by atoms with Gasteiger partial charge in [-0.2, -0.15) is 0 Å². The molecule has 0 fully saturated rings. The largest absolute Gasteiger partial charge is 0.378 e. The first-order chi connectivity index (χ1) is 6.27. The van der Waals surface area contributed by atoms with Crippen LogP contribution in [0.25, 0.3) is 0 Å². The van der Waals surface area contributed by atoms with Gasteiger partial charge < -0.3 is 5.32 Å². The van der Waals surface area contributed by atoms with Crippen LogP contribution in [-0.2, 0) is 6.42 Å². The second kappa shape index (κ2) is 3.25. The Hall–Kier alpha value is -1.24. The Morgan fingerprint density at radius 1 is 1.46 bits per heavy atom. The van der Waals surface area contributed by atoms with Gasteiger partial charge in [-0.25, -0.2) is 0 Å². The molecule has 1 aromatic rings. The van der Waals surface area contributed by atoms with Crippen LogP contribution >= 0.6 is 0 Å². The number of para-hydroxylation sites is 1. The molecule has 1 N–H and O–H groups in total. The van der Waals surface area contributed by atoms with E-state index in [4.69, 9.17) is 0 Å². The Kier molecular flexibility index (Phi) is 2.09. The van der Waals surface area contributed by atoms with Crippen LogP contribution in [0.5, 0.6) is 0 Å². The highest BCUT2D eigenvalue weighted by Gasteiger charge is 2.16. The van der Waals surface area contributed by atoms with E-state index in [0.717, 1.165) is 0 Å². The van der Waals surface area contributed by atoms with E-state index >= 15 is 0 Å². The molecule has 1 heterocycles. The fourth-order valence-corrected chi connectivity index (χ4v) is 1.81. The van der Waals surface area contributed by atoms with Gasteiger partial charge in [0, 0.05) is 11.7 Å². The third kappa shape index (κ3) is 1.59. The zero-order valence-corrected chi connectivity index (χ0v) is 8.01. The smallest absolute Gasteiger partial charge is 0.0471 e. The van der Waals surface area contributed by atoms with Gasteiger partial charge in [-0.1, -0.05) is 30.4 Å². The Bertz CT molecular complexity index is 328. The van der Waals surface area contributed by atoms with Crippen LogP contribution in [0.15, 0.2) is 36.4 Å². The van der Waals surface area contributed by atoms with Crippen LogP contribution in [-0.4, -0.2) is 6.04 Å². The Morgan fingerprint density at radius 2 is 2.23 bits per heavy atom. The second-order valence-corrected chi connectivity index (χ2v) is 3.74. The third-order valence-corrected chi connectivity index (χ3v) is 2.64. The van der Waals surface area contributed by atoms with Gasteiger partial charge in [0.1, 0.15) is 0 Å². The SMILES string of the molecule is C=C(C)C1CCc2ccccc2N1. The van der Waals surface area contributed by atoms with Gasteiger partial charge in [0.2, 0.25) is 0 Å². The normalized spacial score (nSPS) is 20.2. The van der Waals surface area contributed by atoms with E-state index in [-0.39, 0.29) is 0 Å². The summed E-state index contributed by atoms with van der Waals surface area (Å²) in [6.45, 7) is 6.08. The van der Waals surface area contributed by atoms with Crippen molar-refractivity contribution >= 4 is 5.69 Å². The van der Waals surface area contributed by atoms with Crippen molar-refractivity contribution in [1.82, 2.24) is 0 Å². The molecule has 0 radical (unpaired) electrons. The Labute approximate surface area is 79.5 Å². The van der Waals surface area contributed by atoms with Crippen LogP contribution in [0.1, 0.15) is 18.9 Å². The minimum Gasteiger partial charge on any atom is -0.378 e. The van der Waals surface area contributed by atoms with E-state index in [0.29, 0.717) is 6.04 Å². The number of aryl methyl sites for hydroxylation is 1. The summed E-state index contributed by atoms with van der Waals surface area (Å²) in [5.74, 6) is 0. The Morgan fingerprint density at radius 3 is 3.00 bits per heavy atom. The molecule has 13 heavy (non-hydrogen) atoms. The Balaban J connectivity index is 2.24. The zero-order valence-electron chi connectivity index (χ0n) is 8.01. The third-order valence-electron chi connectivity index (χ3n) is 2.64. The molecule has 1 nitrogen and oxygen atoms in total. The molecule has 1 unspecified atom stereocenters. The van der Waals surface area contributed by atoms with E-state index in [2.05, 4.69) is 43.1 Å². The highest BCUT2D eigenvalue weighted by molar-refractivity contribution is 5.55. The number of hydrogen-bond acceptors (Lipinski definition) is 1. The molecule has 1 aliphatic rings. The van der Waals surface area contributed by atoms with E-state index in [1.54, 1.807) is 0 Å². The van der Waals surface area contributed by atoms with Crippen molar-refractivity contribution in [3.63, 3.8) is 0 Å². The lowest BCUT2D eigenvalue weighted by Crippen LogP contribution is -2.25. The molecule has 1 aliphatic heterocycles. The molecule has 1 atom stereocenters. The van der Waals surface area contributed by atoms with Crippen molar-refractivity contribution in [1.29, 1.82) is 0 Å². The number of fused-ring (bicyclic) bond motifs is 1. The maximum Gasteiger partial charge on any atom is 0.0471 e. The number of nitrogens with one attached hydrogen (secondary N) is 1. The predicted octanol–water partition coefficient (Wildman–Crippen LogP) is 2.99. The molecule has 0 amide bonds. The van der Waals surface area contributed by atoms with E-state index in [1.807, 2.05) is 0 Å². The fraction of sp³-hybridized carbons (Fsp3) is 0.333. The molecule has 0 saturated carbocycles. The lowest BCUT2D eigenvalue weighted by molar-refractivity contribution is 0.703. The first-order valence-corrected chi connectivity index (χ1v) is 4.77. The van der Waals surface area contributed by atoms with Crippen molar-refractivity contribution in [3.05, 3.63) is 42.0 Å². The van der Waals surface area contributed by atoms with Gasteiger partial charge in [-0.05, 0) is 31.4 Å². The second-order valence-electron chi connectivity index (χ2n) is 3.74. The van der Waals surface area contributed by atoms with E-state index < -0.39 is 0 Å². The maximum absolute atomic E-state index is 3.99. The standard InChI is InChI=1S/C12H15N/c1-9(2)11-8-7-10-5-3-4-6-12(10)13-11/h3-6,11,13H,1,7-8H2,2H3. The molecule has 68 valence electrons.